The van der Waals surface area contributed by atoms with Gasteiger partial charge in [0.1, 0.15) is 23.7 Å². The second-order valence-corrected chi connectivity index (χ2v) is 41.5. The smallest absolute Gasteiger partial charge is 0.247 e. The number of hydrogen-bond acceptors (Lipinski definition) is 14. The van der Waals surface area contributed by atoms with Crippen LogP contribution in [0.4, 0.5) is 17.1 Å². The first-order valence-electron chi connectivity index (χ1n) is 47.4. The molecule has 0 aromatic heterocycles. The molecule has 0 N–H and O–H groups in total. The lowest BCUT2D eigenvalue weighted by atomic mass is 9.72. The maximum absolute atomic E-state index is 15.0. The number of allylic oxidation sites excluding steroid dienone is 12. The van der Waals surface area contributed by atoms with E-state index in [4.69, 9.17) is 1.37 Å². The minimum Gasteiger partial charge on any atom is -0.299 e. The molecule has 3 saturated heterocycles. The predicted molar refractivity (Wildman–Crippen MR) is 538 cm³/mol. The van der Waals surface area contributed by atoms with Crippen LogP contribution in [0.3, 0.4) is 0 Å². The van der Waals surface area contributed by atoms with Crippen LogP contribution in [0.5, 0.6) is 0 Å². The first kappa shape index (κ1) is 101. The lowest BCUT2D eigenvalue weighted by Crippen LogP contribution is -2.59. The summed E-state index contributed by atoms with van der Waals surface area (Å²) in [5.74, 6) is -1.57. The number of likely N-dealkylation sites (tertiary alicyclic amines) is 3. The molecule has 1 aliphatic carbocycles. The Labute approximate surface area is 779 Å². The van der Waals surface area contributed by atoms with Gasteiger partial charge in [0.15, 0.2) is 0 Å². The van der Waals surface area contributed by atoms with Gasteiger partial charge in [0.25, 0.3) is 0 Å². The van der Waals surface area contributed by atoms with Gasteiger partial charge in [0.2, 0.25) is 53.2 Å². The van der Waals surface area contributed by atoms with Crippen molar-refractivity contribution in [2.24, 2.45) is 11.8 Å². The molecule has 10 aliphatic heterocycles. The van der Waals surface area contributed by atoms with Gasteiger partial charge < -0.3 is 0 Å². The third kappa shape index (κ3) is 16.6. The number of carbonyl (C=O) groups excluding carboxylic acids is 9. The van der Waals surface area contributed by atoms with Crippen LogP contribution in [-0.2, 0) is 62.4 Å². The minimum absolute atomic E-state index is 0. The molecular weight excluding hydrogens is 1660 g/mol. The first-order valence-corrected chi connectivity index (χ1v) is 50.5. The molecule has 4 unspecified atom stereocenters. The van der Waals surface area contributed by atoms with Crippen molar-refractivity contribution in [2.45, 2.75) is 370 Å². The number of thioether (sulfide) groups is 5. The molecule has 126 heavy (non-hydrogen) atoms. The third-order valence-corrected chi connectivity index (χ3v) is 37.7. The average Bonchev–Trinajstić information content (AvgIpc) is 1.65. The molecule has 0 radical (unpaired) electrons. The molecule has 4 atom stereocenters. The molecule has 15 nitrogen and oxygen atoms in total. The van der Waals surface area contributed by atoms with Crippen molar-refractivity contribution in [1.29, 1.82) is 0 Å². The Balaban J connectivity index is 0.000000214. The van der Waals surface area contributed by atoms with Gasteiger partial charge in [-0.05, 0) is 292 Å². The zero-order valence-corrected chi connectivity index (χ0v) is 83.7. The summed E-state index contributed by atoms with van der Waals surface area (Å²) >= 11 is 9.78. The van der Waals surface area contributed by atoms with E-state index in [0.717, 1.165) is 153 Å². The van der Waals surface area contributed by atoms with Gasteiger partial charge >= 0.3 is 0 Å². The predicted octanol–water partition coefficient (Wildman–Crippen LogP) is 27.2. The van der Waals surface area contributed by atoms with Crippen LogP contribution in [-0.4, -0.2) is 108 Å². The van der Waals surface area contributed by atoms with Crippen LogP contribution in [0.1, 0.15) is 364 Å². The van der Waals surface area contributed by atoms with Crippen LogP contribution in [0.25, 0.3) is 22.3 Å². The number of imide groups is 3. The number of rotatable bonds is 24. The lowest BCUT2D eigenvalue weighted by Gasteiger charge is -2.54. The summed E-state index contributed by atoms with van der Waals surface area (Å²) in [5.41, 5.74) is 28.3. The summed E-state index contributed by atoms with van der Waals surface area (Å²) in [5, 5.41) is 0. The van der Waals surface area contributed by atoms with Crippen LogP contribution in [0.15, 0.2) is 91.9 Å². The number of hydrogen-bond donors (Lipinski definition) is 0. The van der Waals surface area contributed by atoms with E-state index in [1.807, 2.05) is 45.1 Å². The Morgan fingerprint density at radius 2 is 0.841 bits per heavy atom. The fourth-order valence-electron chi connectivity index (χ4n) is 22.3. The molecular formula is C106H148N6O9S5. The van der Waals surface area contributed by atoms with Gasteiger partial charge in [0.05, 0.1) is 33.7 Å². The first-order chi connectivity index (χ1) is 59.6. The highest BCUT2D eigenvalue weighted by atomic mass is 32.2. The monoisotopic (exact) mass is 1810 g/mol. The fourth-order valence-corrected chi connectivity index (χ4v) is 31.4. The molecule has 14 rings (SSSR count). The second kappa shape index (κ2) is 40.7. The van der Waals surface area contributed by atoms with Gasteiger partial charge in [-0.1, -0.05) is 199 Å². The molecule has 686 valence electrons. The molecule has 11 aliphatic rings. The van der Waals surface area contributed by atoms with E-state index in [1.54, 1.807) is 0 Å². The number of anilines is 3. The Morgan fingerprint density at radius 3 is 1.20 bits per heavy atom. The summed E-state index contributed by atoms with van der Waals surface area (Å²) < 4.78 is 5.46. The number of nitrogens with zero attached hydrogens (tertiary/aromatic N) is 6. The highest BCUT2D eigenvalue weighted by Crippen LogP contribution is 2.74. The molecule has 3 aromatic carbocycles. The zero-order valence-electron chi connectivity index (χ0n) is 80.6. The molecule has 0 bridgehead atoms. The molecule has 0 saturated carbocycles. The summed E-state index contributed by atoms with van der Waals surface area (Å²) in [4.78, 5) is 140. The van der Waals surface area contributed by atoms with Gasteiger partial charge in [-0.3, -0.25) is 72.6 Å². The topological polar surface area (TPSA) is 173 Å². The largest absolute Gasteiger partial charge is 0.299 e. The van der Waals surface area contributed by atoms with E-state index in [-0.39, 0.29) is 136 Å². The van der Waals surface area contributed by atoms with Crippen molar-refractivity contribution in [3.8, 4) is 0 Å². The van der Waals surface area contributed by atoms with Crippen molar-refractivity contribution in [2.75, 3.05) is 34.3 Å². The normalized spacial score (nSPS) is 22.2. The summed E-state index contributed by atoms with van der Waals surface area (Å²) in [6.45, 7) is 59.1. The molecule has 1 spiro atoms. The zero-order chi connectivity index (χ0) is 92.0. The van der Waals surface area contributed by atoms with Crippen LogP contribution in [0, 0.1) is 46.5 Å². The minimum atomic E-state index is -0.616. The highest BCUT2D eigenvalue weighted by molar-refractivity contribution is 8.26. The summed E-state index contributed by atoms with van der Waals surface area (Å²) in [6, 6.07) is 6.99. The van der Waals surface area contributed by atoms with Gasteiger partial charge in [-0.25, -0.2) is 0 Å². The summed E-state index contributed by atoms with van der Waals surface area (Å²) in [7, 11) is 1.25. The molecule has 9 amide bonds. The Hall–Kier alpha value is -7.10. The maximum Gasteiger partial charge on any atom is 0.247 e. The second-order valence-electron chi connectivity index (χ2n) is 35.3. The molecule has 3 aromatic rings. The van der Waals surface area contributed by atoms with Crippen molar-refractivity contribution < 1.29 is 44.5 Å². The lowest BCUT2D eigenvalue weighted by molar-refractivity contribution is -0.142. The number of aryl methyl sites for hydroxylation is 2. The number of amides is 9. The SMILES string of the molecule is C.C.C=C(C)C1C(CC)=C(CC)SC2=C1c1cc(C)c(C)c(CC)c1N(C(=O)CN1C(=O)CCC1=O)C2(C)CC.CCC1=C(CC)C(CC)C2=C(S1)C(C)(CC)N(C(=O)CN1C(=O)CCC1=O)c1c2cc(C)c(C)c1CC.CCC1=C(CC)c2c(cc3c(c2C)N(C(=O)CN2C(=O)CCC2=O)C(CC)(CC)C2=C3C3(SC(CC)=C(CC)S3)C(CC)=C(CC)S2)C1.[2H]C. The summed E-state index contributed by atoms with van der Waals surface area (Å²) in [6.07, 6.45) is 17.5. The van der Waals surface area contributed by atoms with E-state index in [9.17, 15) is 38.4 Å². The molecule has 3 fully saturated rings. The van der Waals surface area contributed by atoms with E-state index in [1.165, 1.54) is 151 Å². The Bertz CT molecular complexity index is 5210. The van der Waals surface area contributed by atoms with Gasteiger partial charge in [-0.2, -0.15) is 0 Å². The van der Waals surface area contributed by atoms with Crippen molar-refractivity contribution >= 4 is 151 Å². The van der Waals surface area contributed by atoms with Crippen LogP contribution < -0.4 is 14.7 Å². The van der Waals surface area contributed by atoms with Gasteiger partial charge in [-0.15, -0.1) is 23.5 Å². The van der Waals surface area contributed by atoms with Crippen LogP contribution >= 0.6 is 58.8 Å². The van der Waals surface area contributed by atoms with Crippen LogP contribution in [0.2, 0.25) is 0 Å². The average molecular weight is 1810 g/mol. The quantitative estimate of drug-likeness (QED) is 0.0612. The molecule has 10 heterocycles. The Kier molecular flexibility index (Phi) is 32.7. The number of benzene rings is 3. The standard InChI is InChI=1S/C40H52N2O3S3.C32H42N2O3S.C31H42N2O3S.3CH4/c1-10-24-20-25-21-27-36-38(46-29(13-4)28(12-3)40(36)47-30(14-5)31(15-6)48-40)39(16-7,17-8)42(37(27)23(9)35(25)26(24)11-2)34(45)22-41-32(43)18-19-33(41)44;1-10-21-20(8)19(7)16-23-29-28(18(5)6)22(11-2)24(12-3)38-31(29)32(9,13-4)34(30(21)23)27(37)17-33-25(35)14-15-26(33)36;1-9-20-19(7)18(6)16-23-28-22(11-3)21(10-2)24(12-4)37-30(28)31(8,13-5)33(29(20)23)27(36)17-32-25(34)14-15-26(32)35;;;/h21H,10-20,22H2,1-9H3;16,28H,5,10-15,17H2,1-4,6-9H3;16,22H,9-15,17H2,1-8H3;3*1H4/i;;;1D;;. The van der Waals surface area contributed by atoms with Gasteiger partial charge in [0, 0.05) is 88.7 Å². The number of fused-ring (bicyclic) bond motifs is 8. The fraction of sp³-hybridized carbons (Fsp3) is 0.575. The maximum atomic E-state index is 15.0. The van der Waals surface area contributed by atoms with E-state index in [0.29, 0.717) is 12.3 Å². The van der Waals surface area contributed by atoms with E-state index >= 15 is 4.79 Å². The molecule has 20 heteroatoms. The Morgan fingerprint density at radius 1 is 0.444 bits per heavy atom. The van der Waals surface area contributed by atoms with E-state index in [2.05, 4.69) is 226 Å². The highest BCUT2D eigenvalue weighted by Gasteiger charge is 2.60. The van der Waals surface area contributed by atoms with Crippen molar-refractivity contribution in [3.05, 3.63) is 159 Å². The van der Waals surface area contributed by atoms with Crippen molar-refractivity contribution in [3.63, 3.8) is 0 Å². The van der Waals surface area contributed by atoms with E-state index < -0.39 is 16.6 Å². The number of carbonyl (C=O) groups is 9. The third-order valence-electron chi connectivity index (χ3n) is 29.2. The van der Waals surface area contributed by atoms with Crippen molar-refractivity contribution in [1.82, 2.24) is 14.7 Å².